The minimum absolute atomic E-state index is 0.0690. The van der Waals surface area contributed by atoms with E-state index < -0.39 is 6.29 Å². The Morgan fingerprint density at radius 1 is 1.11 bits per heavy atom. The van der Waals surface area contributed by atoms with Gasteiger partial charge in [-0.15, -0.1) is 0 Å². The van der Waals surface area contributed by atoms with Crippen molar-refractivity contribution >= 4 is 5.71 Å². The molecule has 0 aromatic heterocycles. The molecule has 5 heteroatoms. The van der Waals surface area contributed by atoms with E-state index in [0.717, 1.165) is 24.0 Å². The average Bonchev–Trinajstić information content (AvgIpc) is 2.74. The average molecular weight is 383 g/mol. The zero-order valence-electron chi connectivity index (χ0n) is 16.6. The fourth-order valence-corrected chi connectivity index (χ4v) is 3.56. The van der Waals surface area contributed by atoms with Crippen molar-refractivity contribution in [2.45, 2.75) is 50.9 Å². The molecule has 0 unspecified atom stereocenters. The molecule has 1 aliphatic heterocycles. The molecule has 3 atom stereocenters. The standard InChI is InChI=1S/C23H29NO4/c1-3-4-15-27-23-16-20(18-11-7-5-8-12-18)21(24(25)28-23)17-22(26-2)19-13-9-6-10-14-19/h5-14,20,22-23H,3-4,15-17H2,1-2H3/t20-,22-,23-/m1/s1. The molecule has 0 bridgehead atoms. The van der Waals surface area contributed by atoms with Crippen molar-refractivity contribution in [3.63, 3.8) is 0 Å². The second-order valence-corrected chi connectivity index (χ2v) is 7.05. The Kier molecular flexibility index (Phi) is 7.46. The summed E-state index contributed by atoms with van der Waals surface area (Å²) in [6, 6.07) is 20.0. The van der Waals surface area contributed by atoms with Gasteiger partial charge in [0.15, 0.2) is 6.29 Å². The maximum absolute atomic E-state index is 12.8. The smallest absolute Gasteiger partial charge is 0.232 e. The minimum atomic E-state index is -0.532. The fourth-order valence-electron chi connectivity index (χ4n) is 3.56. The van der Waals surface area contributed by atoms with Crippen LogP contribution in [-0.4, -0.2) is 30.6 Å². The maximum Gasteiger partial charge on any atom is 0.232 e. The lowest BCUT2D eigenvalue weighted by Gasteiger charge is -2.31. The van der Waals surface area contributed by atoms with Gasteiger partial charge >= 0.3 is 0 Å². The van der Waals surface area contributed by atoms with E-state index in [-0.39, 0.29) is 12.0 Å². The van der Waals surface area contributed by atoms with Crippen LogP contribution in [0.2, 0.25) is 0 Å². The van der Waals surface area contributed by atoms with Crippen molar-refractivity contribution < 1.29 is 19.2 Å². The highest BCUT2D eigenvalue weighted by atomic mass is 16.9. The fraction of sp³-hybridized carbons (Fsp3) is 0.435. The highest BCUT2D eigenvalue weighted by Gasteiger charge is 2.37. The number of nitrogens with zero attached hydrogens (tertiary/aromatic N) is 1. The van der Waals surface area contributed by atoms with Crippen molar-refractivity contribution in [2.24, 2.45) is 0 Å². The van der Waals surface area contributed by atoms with Crippen molar-refractivity contribution in [3.05, 3.63) is 77.0 Å². The van der Waals surface area contributed by atoms with Gasteiger partial charge in [0.25, 0.3) is 0 Å². The maximum atomic E-state index is 12.8. The van der Waals surface area contributed by atoms with Gasteiger partial charge in [0.05, 0.1) is 18.4 Å². The summed E-state index contributed by atoms with van der Waals surface area (Å²) in [7, 11) is 1.67. The molecule has 1 heterocycles. The Hall–Kier alpha value is -2.37. The predicted octanol–water partition coefficient (Wildman–Crippen LogP) is 4.98. The van der Waals surface area contributed by atoms with E-state index in [2.05, 4.69) is 19.1 Å². The molecule has 0 saturated heterocycles. The number of methoxy groups -OCH3 is 1. The lowest BCUT2D eigenvalue weighted by molar-refractivity contribution is -0.772. The van der Waals surface area contributed by atoms with Gasteiger partial charge in [-0.05, 0) is 17.5 Å². The van der Waals surface area contributed by atoms with Gasteiger partial charge in [-0.25, -0.2) is 0 Å². The van der Waals surface area contributed by atoms with E-state index in [1.165, 1.54) is 0 Å². The molecule has 0 spiro atoms. The zero-order valence-corrected chi connectivity index (χ0v) is 16.6. The zero-order chi connectivity index (χ0) is 19.8. The molecule has 150 valence electrons. The minimum Gasteiger partial charge on any atom is -0.376 e. The number of hydrogen-bond donors (Lipinski definition) is 0. The molecule has 0 radical (unpaired) electrons. The highest BCUT2D eigenvalue weighted by molar-refractivity contribution is 5.87. The van der Waals surface area contributed by atoms with Crippen LogP contribution < -0.4 is 0 Å². The molecular weight excluding hydrogens is 354 g/mol. The van der Waals surface area contributed by atoms with E-state index in [4.69, 9.17) is 14.3 Å². The molecule has 0 N–H and O–H groups in total. The van der Waals surface area contributed by atoms with E-state index in [1.54, 1.807) is 7.11 Å². The molecule has 28 heavy (non-hydrogen) atoms. The number of benzene rings is 2. The largest absolute Gasteiger partial charge is 0.376 e. The summed E-state index contributed by atoms with van der Waals surface area (Å²) in [5.74, 6) is -0.0690. The Morgan fingerprint density at radius 3 is 2.43 bits per heavy atom. The van der Waals surface area contributed by atoms with Crippen LogP contribution in [0.3, 0.4) is 0 Å². The molecular formula is C23H29NO4. The molecule has 0 fully saturated rings. The molecule has 0 aliphatic carbocycles. The molecule has 5 nitrogen and oxygen atoms in total. The first-order chi connectivity index (χ1) is 13.7. The first-order valence-corrected chi connectivity index (χ1v) is 9.97. The van der Waals surface area contributed by atoms with Gasteiger partial charge in [-0.3, -0.25) is 5.21 Å². The predicted molar refractivity (Wildman–Crippen MR) is 109 cm³/mol. The third-order valence-electron chi connectivity index (χ3n) is 5.13. The van der Waals surface area contributed by atoms with Gasteiger partial charge < -0.3 is 14.3 Å². The molecule has 1 aliphatic rings. The number of ether oxygens (including phenoxy) is 2. The molecule has 2 aromatic carbocycles. The lowest BCUT2D eigenvalue weighted by Crippen LogP contribution is -2.38. The Bertz CT molecular complexity index is 748. The normalized spacial score (nSPS) is 20.6. The Balaban J connectivity index is 1.85. The topological polar surface area (TPSA) is 53.8 Å². The lowest BCUT2D eigenvalue weighted by atomic mass is 9.86. The van der Waals surface area contributed by atoms with Crippen molar-refractivity contribution in [3.8, 4) is 0 Å². The first kappa shape index (κ1) is 20.4. The van der Waals surface area contributed by atoms with Crippen LogP contribution in [0.5, 0.6) is 0 Å². The molecule has 2 aromatic rings. The van der Waals surface area contributed by atoms with Crippen LogP contribution in [0, 0.1) is 5.21 Å². The van der Waals surface area contributed by atoms with E-state index in [1.807, 2.05) is 48.5 Å². The summed E-state index contributed by atoms with van der Waals surface area (Å²) < 4.78 is 11.5. The summed E-state index contributed by atoms with van der Waals surface area (Å²) in [4.78, 5) is 6.20. The highest BCUT2D eigenvalue weighted by Crippen LogP contribution is 2.33. The number of hydrogen-bond acceptors (Lipinski definition) is 4. The van der Waals surface area contributed by atoms with Gasteiger partial charge in [0.2, 0.25) is 5.71 Å². The summed E-state index contributed by atoms with van der Waals surface area (Å²) in [5, 5.41) is 12.8. The van der Waals surface area contributed by atoms with Crippen LogP contribution in [0.15, 0.2) is 60.7 Å². The van der Waals surface area contributed by atoms with E-state index in [0.29, 0.717) is 30.1 Å². The summed E-state index contributed by atoms with van der Waals surface area (Å²) in [6.07, 6.45) is 2.33. The second-order valence-electron chi connectivity index (χ2n) is 7.05. The van der Waals surface area contributed by atoms with Crippen LogP contribution in [-0.2, 0) is 14.3 Å². The second kappa shape index (κ2) is 10.2. The Labute approximate surface area is 167 Å². The summed E-state index contributed by atoms with van der Waals surface area (Å²) >= 11 is 0. The Morgan fingerprint density at radius 2 is 1.79 bits per heavy atom. The summed E-state index contributed by atoms with van der Waals surface area (Å²) in [5.41, 5.74) is 2.80. The van der Waals surface area contributed by atoms with E-state index in [9.17, 15) is 5.21 Å². The van der Waals surface area contributed by atoms with Crippen molar-refractivity contribution in [1.82, 2.24) is 0 Å². The van der Waals surface area contributed by atoms with E-state index >= 15 is 0 Å². The summed E-state index contributed by atoms with van der Waals surface area (Å²) in [6.45, 7) is 2.70. The van der Waals surface area contributed by atoms with Gasteiger partial charge in [0.1, 0.15) is 0 Å². The number of rotatable bonds is 9. The monoisotopic (exact) mass is 383 g/mol. The third kappa shape index (κ3) is 5.12. The van der Waals surface area contributed by atoms with Crippen LogP contribution in [0.25, 0.3) is 0 Å². The van der Waals surface area contributed by atoms with Crippen molar-refractivity contribution in [2.75, 3.05) is 13.7 Å². The van der Waals surface area contributed by atoms with Crippen LogP contribution >= 0.6 is 0 Å². The van der Waals surface area contributed by atoms with Crippen LogP contribution in [0.4, 0.5) is 0 Å². The molecule has 0 saturated carbocycles. The van der Waals surface area contributed by atoms with Gasteiger partial charge in [-0.2, -0.15) is 0 Å². The van der Waals surface area contributed by atoms with Gasteiger partial charge in [-0.1, -0.05) is 74.0 Å². The number of unbranched alkanes of at least 4 members (excludes halogenated alkanes) is 1. The quantitative estimate of drug-likeness (QED) is 0.453. The van der Waals surface area contributed by atoms with Crippen LogP contribution in [0.1, 0.15) is 55.8 Å². The molecule has 0 amide bonds. The molecule has 3 rings (SSSR count). The third-order valence-corrected chi connectivity index (χ3v) is 5.13. The SMILES string of the molecule is CCCCO[C@H]1C[C@H](c2ccccc2)C(C[C@@H](OC)c2ccccc2)=[N+]([O-])O1. The first-order valence-electron chi connectivity index (χ1n) is 9.97. The van der Waals surface area contributed by atoms with Gasteiger partial charge in [0, 0.05) is 25.0 Å². The van der Waals surface area contributed by atoms with Crippen molar-refractivity contribution in [1.29, 1.82) is 0 Å².